The fraction of sp³-hybridized carbons (Fsp3) is 0. The summed E-state index contributed by atoms with van der Waals surface area (Å²) in [5, 5.41) is 6.58. The number of anilines is 2. The minimum Gasteiger partial charge on any atom is -0.321 e. The Kier molecular flexibility index (Phi) is 3.76. The minimum absolute atomic E-state index is 0.0458. The first-order chi connectivity index (χ1) is 10.1. The van der Waals surface area contributed by atoms with Gasteiger partial charge in [0, 0.05) is 4.47 Å². The van der Waals surface area contributed by atoms with Crippen LogP contribution in [0, 0.1) is 5.82 Å². The largest absolute Gasteiger partial charge is 0.321 e. The first kappa shape index (κ1) is 13.8. The van der Waals surface area contributed by atoms with Gasteiger partial charge in [-0.25, -0.2) is 9.37 Å². The Labute approximate surface area is 131 Å². The van der Waals surface area contributed by atoms with E-state index in [0.717, 1.165) is 0 Å². The fourth-order valence-corrected chi connectivity index (χ4v) is 2.01. The summed E-state index contributed by atoms with van der Waals surface area (Å²) in [6.45, 7) is 0. The molecule has 7 nitrogen and oxygen atoms in total. The van der Waals surface area contributed by atoms with Crippen molar-refractivity contribution in [2.45, 2.75) is 0 Å². The quantitative estimate of drug-likeness (QED) is 0.763. The summed E-state index contributed by atoms with van der Waals surface area (Å²) in [5.41, 5.74) is 0.213. The number of benzene rings is 1. The van der Waals surface area contributed by atoms with Crippen LogP contribution in [0.15, 0.2) is 35.3 Å². The summed E-state index contributed by atoms with van der Waals surface area (Å²) in [6, 6.07) is 4.56. The number of nitrogens with one attached hydrogen (secondary N) is 1. The maximum atomic E-state index is 13.8. The van der Waals surface area contributed by atoms with Gasteiger partial charge in [0.05, 0.1) is 5.69 Å². The van der Waals surface area contributed by atoms with E-state index < -0.39 is 5.82 Å². The van der Waals surface area contributed by atoms with E-state index in [1.54, 1.807) is 12.1 Å². The summed E-state index contributed by atoms with van der Waals surface area (Å²) >= 11 is 9.02. The maximum Gasteiger partial charge on any atom is 0.258 e. The van der Waals surface area contributed by atoms with Crippen molar-refractivity contribution in [1.29, 1.82) is 0 Å². The molecule has 1 N–H and O–H groups in total. The van der Waals surface area contributed by atoms with Gasteiger partial charge in [0.1, 0.15) is 18.5 Å². The molecule has 106 valence electrons. The molecule has 10 heteroatoms. The van der Waals surface area contributed by atoms with Crippen LogP contribution in [0.3, 0.4) is 0 Å². The topological polar surface area (TPSA) is 81.4 Å². The number of hydrogen-bond acceptors (Lipinski definition) is 6. The molecule has 0 bridgehead atoms. The van der Waals surface area contributed by atoms with Crippen LogP contribution < -0.4 is 5.32 Å². The molecule has 0 aliphatic carbocycles. The van der Waals surface area contributed by atoms with Crippen molar-refractivity contribution in [3.05, 3.63) is 46.4 Å². The Balaban J connectivity index is 1.95. The van der Waals surface area contributed by atoms with Crippen molar-refractivity contribution in [3.8, 4) is 5.95 Å². The lowest BCUT2D eigenvalue weighted by Crippen LogP contribution is -2.07. The SMILES string of the molecule is Fc1cc(Br)ccc1Nc1nc(Cl)nc(-n2cncn2)n1. The highest BCUT2D eigenvalue weighted by atomic mass is 79.9. The molecule has 1 aromatic carbocycles. The number of nitrogens with zero attached hydrogens (tertiary/aromatic N) is 6. The van der Waals surface area contributed by atoms with Gasteiger partial charge in [-0.05, 0) is 29.8 Å². The summed E-state index contributed by atoms with van der Waals surface area (Å²) < 4.78 is 15.7. The monoisotopic (exact) mass is 369 g/mol. The maximum absolute atomic E-state index is 13.8. The summed E-state index contributed by atoms with van der Waals surface area (Å²) in [6.07, 6.45) is 2.74. The van der Waals surface area contributed by atoms with E-state index in [1.165, 1.54) is 23.4 Å². The van der Waals surface area contributed by atoms with Crippen LogP contribution in [-0.2, 0) is 0 Å². The number of aromatic nitrogens is 6. The predicted octanol–water partition coefficient (Wildman–Crippen LogP) is 2.75. The molecule has 3 aromatic rings. The molecule has 0 aliphatic rings. The Morgan fingerprint density at radius 2 is 2.10 bits per heavy atom. The predicted molar refractivity (Wildman–Crippen MR) is 77.1 cm³/mol. The highest BCUT2D eigenvalue weighted by molar-refractivity contribution is 9.10. The Morgan fingerprint density at radius 1 is 1.24 bits per heavy atom. The second-order valence-corrected chi connectivity index (χ2v) is 5.07. The molecule has 3 rings (SSSR count). The first-order valence-electron chi connectivity index (χ1n) is 5.60. The average Bonchev–Trinajstić information content (AvgIpc) is 2.95. The van der Waals surface area contributed by atoms with Crippen LogP contribution in [0.2, 0.25) is 5.28 Å². The molecule has 0 saturated heterocycles. The molecule has 21 heavy (non-hydrogen) atoms. The van der Waals surface area contributed by atoms with Crippen LogP contribution >= 0.6 is 27.5 Å². The highest BCUT2D eigenvalue weighted by Gasteiger charge is 2.10. The van der Waals surface area contributed by atoms with Gasteiger partial charge in [0.15, 0.2) is 0 Å². The third kappa shape index (κ3) is 3.14. The van der Waals surface area contributed by atoms with Gasteiger partial charge >= 0.3 is 0 Å². The number of halogens is 3. The highest BCUT2D eigenvalue weighted by Crippen LogP contribution is 2.22. The summed E-state index contributed by atoms with van der Waals surface area (Å²) in [4.78, 5) is 15.7. The molecule has 2 heterocycles. The van der Waals surface area contributed by atoms with E-state index in [1.807, 2.05) is 0 Å². The number of hydrogen-bond donors (Lipinski definition) is 1. The lowest BCUT2D eigenvalue weighted by Gasteiger charge is -2.07. The normalized spacial score (nSPS) is 10.6. The van der Waals surface area contributed by atoms with Gasteiger partial charge in [-0.1, -0.05) is 15.9 Å². The van der Waals surface area contributed by atoms with Crippen LogP contribution in [0.4, 0.5) is 16.0 Å². The van der Waals surface area contributed by atoms with Gasteiger partial charge in [-0.3, -0.25) is 0 Å². The van der Waals surface area contributed by atoms with Gasteiger partial charge < -0.3 is 5.32 Å². The van der Waals surface area contributed by atoms with Crippen molar-refractivity contribution < 1.29 is 4.39 Å². The second-order valence-electron chi connectivity index (χ2n) is 3.82. The smallest absolute Gasteiger partial charge is 0.258 e. The van der Waals surface area contributed by atoms with Crippen LogP contribution in [-0.4, -0.2) is 29.7 Å². The third-order valence-corrected chi connectivity index (χ3v) is 3.06. The Bertz CT molecular complexity index is 780. The molecule has 0 fully saturated rings. The zero-order valence-electron chi connectivity index (χ0n) is 10.2. The zero-order chi connectivity index (χ0) is 14.8. The summed E-state index contributed by atoms with van der Waals surface area (Å²) in [7, 11) is 0. The molecular formula is C11H6BrClFN7. The molecule has 0 radical (unpaired) electrons. The van der Waals surface area contributed by atoms with Crippen LogP contribution in [0.25, 0.3) is 5.95 Å². The van der Waals surface area contributed by atoms with E-state index in [2.05, 4.69) is 46.3 Å². The van der Waals surface area contributed by atoms with Crippen molar-refractivity contribution >= 4 is 39.2 Å². The van der Waals surface area contributed by atoms with Gasteiger partial charge in [-0.2, -0.15) is 24.7 Å². The van der Waals surface area contributed by atoms with Gasteiger partial charge in [0.2, 0.25) is 11.2 Å². The van der Waals surface area contributed by atoms with E-state index in [4.69, 9.17) is 11.6 Å². The number of rotatable bonds is 3. The Morgan fingerprint density at radius 3 is 2.81 bits per heavy atom. The molecule has 0 spiro atoms. The molecule has 0 saturated carbocycles. The third-order valence-electron chi connectivity index (χ3n) is 2.40. The fourth-order valence-electron chi connectivity index (χ4n) is 1.52. The zero-order valence-corrected chi connectivity index (χ0v) is 12.5. The van der Waals surface area contributed by atoms with Gasteiger partial charge in [-0.15, -0.1) is 0 Å². The summed E-state index contributed by atoms with van der Waals surface area (Å²) in [5.74, 6) is -0.183. The first-order valence-corrected chi connectivity index (χ1v) is 6.77. The molecule has 0 amide bonds. The van der Waals surface area contributed by atoms with E-state index in [0.29, 0.717) is 4.47 Å². The second kappa shape index (κ2) is 5.70. The van der Waals surface area contributed by atoms with Crippen molar-refractivity contribution in [3.63, 3.8) is 0 Å². The van der Waals surface area contributed by atoms with E-state index in [-0.39, 0.29) is 22.9 Å². The molecule has 0 aliphatic heterocycles. The minimum atomic E-state index is -0.455. The van der Waals surface area contributed by atoms with Crippen LogP contribution in [0.5, 0.6) is 0 Å². The van der Waals surface area contributed by atoms with Crippen LogP contribution in [0.1, 0.15) is 0 Å². The van der Waals surface area contributed by atoms with Crippen molar-refractivity contribution in [2.75, 3.05) is 5.32 Å². The van der Waals surface area contributed by atoms with Gasteiger partial charge in [0.25, 0.3) is 5.95 Å². The van der Waals surface area contributed by atoms with Crippen molar-refractivity contribution in [1.82, 2.24) is 29.7 Å². The van der Waals surface area contributed by atoms with Crippen molar-refractivity contribution in [2.24, 2.45) is 0 Å². The molecule has 2 aromatic heterocycles. The molecule has 0 atom stereocenters. The molecular weight excluding hydrogens is 365 g/mol. The van der Waals surface area contributed by atoms with E-state index >= 15 is 0 Å². The standard InChI is InChI=1S/C11H6BrClFN7/c12-6-1-2-8(7(14)3-6)17-10-18-9(13)19-11(20-10)21-5-15-4-16-21/h1-5H,(H,17,18,19,20). The Hall–Kier alpha value is -2.13. The lowest BCUT2D eigenvalue weighted by molar-refractivity contribution is 0.630. The average molecular weight is 371 g/mol. The molecule has 0 unspecified atom stereocenters. The lowest BCUT2D eigenvalue weighted by atomic mass is 10.3. The van der Waals surface area contributed by atoms with E-state index in [9.17, 15) is 4.39 Å².